The molecule has 110 valence electrons. The summed E-state index contributed by atoms with van der Waals surface area (Å²) in [5.74, 6) is 1.08. The lowest BCUT2D eigenvalue weighted by Crippen LogP contribution is -2.48. The predicted octanol–water partition coefficient (Wildman–Crippen LogP) is 1.48. The topological polar surface area (TPSA) is 83.3 Å². The molecule has 1 aliphatic heterocycles. The van der Waals surface area contributed by atoms with E-state index in [0.29, 0.717) is 11.7 Å². The molecule has 2 aromatic rings. The molecule has 1 aromatic carbocycles. The van der Waals surface area contributed by atoms with Crippen LogP contribution in [0.3, 0.4) is 0 Å². The third kappa shape index (κ3) is 3.19. The minimum atomic E-state index is -0.0698. The van der Waals surface area contributed by atoms with Crippen LogP contribution in [0.25, 0.3) is 11.4 Å². The van der Waals surface area contributed by atoms with Gasteiger partial charge in [-0.25, -0.2) is 4.79 Å². The average Bonchev–Trinajstić information content (AvgIpc) is 2.95. The third-order valence-corrected chi connectivity index (χ3v) is 3.33. The molecule has 0 aliphatic carbocycles. The zero-order valence-electron chi connectivity index (χ0n) is 11.8. The number of piperazine rings is 1. The van der Waals surface area contributed by atoms with Crippen LogP contribution < -0.4 is 10.6 Å². The van der Waals surface area contributed by atoms with E-state index in [1.807, 2.05) is 24.3 Å². The van der Waals surface area contributed by atoms with Gasteiger partial charge in [0.25, 0.3) is 0 Å². The molecular weight excluding hydrogens is 270 g/mol. The van der Waals surface area contributed by atoms with Gasteiger partial charge in [-0.1, -0.05) is 5.16 Å². The highest BCUT2D eigenvalue weighted by atomic mass is 16.5. The molecule has 0 spiro atoms. The second kappa shape index (κ2) is 5.92. The molecule has 7 heteroatoms. The molecule has 2 heterocycles. The van der Waals surface area contributed by atoms with Crippen molar-refractivity contribution in [2.45, 2.75) is 6.92 Å². The van der Waals surface area contributed by atoms with Crippen molar-refractivity contribution in [2.24, 2.45) is 0 Å². The van der Waals surface area contributed by atoms with E-state index in [-0.39, 0.29) is 6.03 Å². The lowest BCUT2D eigenvalue weighted by Gasteiger charge is -2.27. The first-order valence-electron chi connectivity index (χ1n) is 6.90. The number of aryl methyl sites for hydroxylation is 1. The average molecular weight is 287 g/mol. The molecule has 0 unspecified atom stereocenters. The lowest BCUT2D eigenvalue weighted by atomic mass is 10.2. The maximum Gasteiger partial charge on any atom is 0.321 e. The van der Waals surface area contributed by atoms with E-state index in [9.17, 15) is 4.79 Å². The molecule has 1 aromatic heterocycles. The van der Waals surface area contributed by atoms with Crippen molar-refractivity contribution in [2.75, 3.05) is 31.5 Å². The number of benzene rings is 1. The molecule has 1 fully saturated rings. The smallest absolute Gasteiger partial charge is 0.321 e. The number of nitrogens with zero attached hydrogens (tertiary/aromatic N) is 3. The van der Waals surface area contributed by atoms with Crippen molar-refractivity contribution in [3.63, 3.8) is 0 Å². The Kier molecular flexibility index (Phi) is 3.83. The van der Waals surface area contributed by atoms with Gasteiger partial charge in [-0.3, -0.25) is 0 Å². The van der Waals surface area contributed by atoms with Crippen molar-refractivity contribution in [1.29, 1.82) is 0 Å². The number of amides is 2. The Bertz CT molecular complexity index is 617. The zero-order chi connectivity index (χ0) is 14.7. The van der Waals surface area contributed by atoms with Crippen molar-refractivity contribution in [3.05, 3.63) is 30.2 Å². The van der Waals surface area contributed by atoms with Gasteiger partial charge in [-0.05, 0) is 24.3 Å². The Morgan fingerprint density at radius 3 is 2.62 bits per heavy atom. The Hall–Kier alpha value is -2.41. The summed E-state index contributed by atoms with van der Waals surface area (Å²) >= 11 is 0. The van der Waals surface area contributed by atoms with Crippen LogP contribution in [-0.2, 0) is 0 Å². The van der Waals surface area contributed by atoms with Crippen LogP contribution in [0.15, 0.2) is 28.8 Å². The third-order valence-electron chi connectivity index (χ3n) is 3.33. The fourth-order valence-corrected chi connectivity index (χ4v) is 2.19. The zero-order valence-corrected chi connectivity index (χ0v) is 11.8. The van der Waals surface area contributed by atoms with E-state index in [1.54, 1.807) is 11.8 Å². The molecule has 1 saturated heterocycles. The Balaban J connectivity index is 1.65. The van der Waals surface area contributed by atoms with Crippen molar-refractivity contribution < 1.29 is 9.32 Å². The lowest BCUT2D eigenvalue weighted by molar-refractivity contribution is 0.204. The van der Waals surface area contributed by atoms with Gasteiger partial charge in [0.1, 0.15) is 0 Å². The molecule has 0 bridgehead atoms. The van der Waals surface area contributed by atoms with Crippen LogP contribution in [0, 0.1) is 6.92 Å². The number of urea groups is 1. The van der Waals surface area contributed by atoms with Crippen LogP contribution >= 0.6 is 0 Å². The summed E-state index contributed by atoms with van der Waals surface area (Å²) in [6.45, 7) is 4.88. The first-order valence-corrected chi connectivity index (χ1v) is 6.90. The highest BCUT2D eigenvalue weighted by Crippen LogP contribution is 2.18. The normalized spacial score (nSPS) is 15.0. The summed E-state index contributed by atoms with van der Waals surface area (Å²) in [5.41, 5.74) is 1.61. The highest BCUT2D eigenvalue weighted by Gasteiger charge is 2.16. The molecule has 2 amide bonds. The summed E-state index contributed by atoms with van der Waals surface area (Å²) in [6.07, 6.45) is 0. The number of anilines is 1. The molecule has 0 saturated carbocycles. The quantitative estimate of drug-likeness (QED) is 0.874. The molecule has 1 aliphatic rings. The van der Waals surface area contributed by atoms with E-state index >= 15 is 0 Å². The number of carbonyl (C=O) groups excluding carboxylic acids is 1. The summed E-state index contributed by atoms with van der Waals surface area (Å²) in [7, 11) is 0. The second-order valence-electron chi connectivity index (χ2n) is 4.88. The molecule has 2 N–H and O–H groups in total. The minimum absolute atomic E-state index is 0.0698. The van der Waals surface area contributed by atoms with Crippen LogP contribution in [0.5, 0.6) is 0 Å². The number of hydrogen-bond acceptors (Lipinski definition) is 5. The number of carbonyl (C=O) groups is 1. The van der Waals surface area contributed by atoms with E-state index in [4.69, 9.17) is 4.52 Å². The fraction of sp³-hybridized carbons (Fsp3) is 0.357. The Labute approximate surface area is 122 Å². The molecule has 7 nitrogen and oxygen atoms in total. The SMILES string of the molecule is Cc1nc(-c2ccc(NC(=O)N3CCNCC3)cc2)no1. The van der Waals surface area contributed by atoms with Gasteiger partial charge in [0.15, 0.2) is 0 Å². The second-order valence-corrected chi connectivity index (χ2v) is 4.88. The molecule has 0 atom stereocenters. The van der Waals surface area contributed by atoms with Gasteiger partial charge in [0.05, 0.1) is 0 Å². The van der Waals surface area contributed by atoms with Gasteiger partial charge in [-0.15, -0.1) is 0 Å². The Morgan fingerprint density at radius 2 is 2.00 bits per heavy atom. The largest absolute Gasteiger partial charge is 0.339 e. The minimum Gasteiger partial charge on any atom is -0.339 e. The summed E-state index contributed by atoms with van der Waals surface area (Å²) in [5, 5.41) is 9.97. The number of hydrogen-bond donors (Lipinski definition) is 2. The highest BCUT2D eigenvalue weighted by molar-refractivity contribution is 5.89. The monoisotopic (exact) mass is 287 g/mol. The molecular formula is C14H17N5O2. The van der Waals surface area contributed by atoms with Crippen LogP contribution in [0.2, 0.25) is 0 Å². The van der Waals surface area contributed by atoms with Crippen LogP contribution in [0.4, 0.5) is 10.5 Å². The maximum atomic E-state index is 12.1. The van der Waals surface area contributed by atoms with Gasteiger partial charge in [-0.2, -0.15) is 4.98 Å². The summed E-state index contributed by atoms with van der Waals surface area (Å²) in [6, 6.07) is 7.32. The van der Waals surface area contributed by atoms with Gasteiger partial charge in [0, 0.05) is 44.4 Å². The van der Waals surface area contributed by atoms with Gasteiger partial charge >= 0.3 is 6.03 Å². The Morgan fingerprint density at radius 1 is 1.29 bits per heavy atom. The van der Waals surface area contributed by atoms with Crippen molar-refractivity contribution in [3.8, 4) is 11.4 Å². The molecule has 21 heavy (non-hydrogen) atoms. The van der Waals surface area contributed by atoms with E-state index in [2.05, 4.69) is 20.8 Å². The first-order chi connectivity index (χ1) is 10.2. The van der Waals surface area contributed by atoms with Crippen LogP contribution in [0.1, 0.15) is 5.89 Å². The van der Waals surface area contributed by atoms with Gasteiger partial charge in [0.2, 0.25) is 11.7 Å². The predicted molar refractivity (Wildman–Crippen MR) is 77.9 cm³/mol. The van der Waals surface area contributed by atoms with E-state index in [0.717, 1.165) is 37.4 Å². The van der Waals surface area contributed by atoms with Crippen molar-refractivity contribution >= 4 is 11.7 Å². The summed E-state index contributed by atoms with van der Waals surface area (Å²) in [4.78, 5) is 18.0. The fourth-order valence-electron chi connectivity index (χ4n) is 2.19. The number of aromatic nitrogens is 2. The summed E-state index contributed by atoms with van der Waals surface area (Å²) < 4.78 is 4.95. The maximum absolute atomic E-state index is 12.1. The van der Waals surface area contributed by atoms with Crippen molar-refractivity contribution in [1.82, 2.24) is 20.4 Å². The molecule has 0 radical (unpaired) electrons. The number of rotatable bonds is 2. The van der Waals surface area contributed by atoms with Gasteiger partial charge < -0.3 is 20.1 Å². The number of nitrogens with one attached hydrogen (secondary N) is 2. The van der Waals surface area contributed by atoms with Crippen LogP contribution in [-0.4, -0.2) is 47.3 Å². The van der Waals surface area contributed by atoms with E-state index in [1.165, 1.54) is 0 Å². The van der Waals surface area contributed by atoms with E-state index < -0.39 is 0 Å². The first kappa shape index (κ1) is 13.6. The standard InChI is InChI=1S/C14H17N5O2/c1-10-16-13(18-21-10)11-2-4-12(5-3-11)17-14(20)19-8-6-15-7-9-19/h2-5,15H,6-9H2,1H3,(H,17,20). The molecule has 3 rings (SSSR count).